The molecule has 0 unspecified atom stereocenters. The summed E-state index contributed by atoms with van der Waals surface area (Å²) in [6, 6.07) is 14.5. The van der Waals surface area contributed by atoms with Gasteiger partial charge in [0.05, 0.1) is 11.3 Å². The molecule has 0 atom stereocenters. The van der Waals surface area contributed by atoms with Crippen LogP contribution in [0.2, 0.25) is 0 Å². The first kappa shape index (κ1) is 20.7. The molecular formula is C23H29NO3. The number of anilines is 2. The van der Waals surface area contributed by atoms with Gasteiger partial charge in [-0.1, -0.05) is 58.9 Å². The minimum Gasteiger partial charge on any atom is -0.478 e. The van der Waals surface area contributed by atoms with Gasteiger partial charge in [0.15, 0.2) is 0 Å². The largest absolute Gasteiger partial charge is 0.478 e. The third kappa shape index (κ3) is 4.97. The van der Waals surface area contributed by atoms with Crippen LogP contribution in [0.3, 0.4) is 0 Å². The van der Waals surface area contributed by atoms with E-state index in [9.17, 15) is 14.7 Å². The van der Waals surface area contributed by atoms with Crippen LogP contribution < -0.4 is 4.90 Å². The molecule has 0 aliphatic carbocycles. The summed E-state index contributed by atoms with van der Waals surface area (Å²) in [6.45, 7) is 12.3. The molecule has 0 aliphatic heterocycles. The van der Waals surface area contributed by atoms with Crippen molar-refractivity contribution in [2.24, 2.45) is 5.41 Å². The van der Waals surface area contributed by atoms with Crippen molar-refractivity contribution >= 4 is 23.3 Å². The molecular weight excluding hydrogens is 338 g/mol. The van der Waals surface area contributed by atoms with E-state index in [1.807, 2.05) is 30.3 Å². The lowest BCUT2D eigenvalue weighted by molar-refractivity contribution is -0.115. The van der Waals surface area contributed by atoms with Crippen molar-refractivity contribution in [1.29, 1.82) is 0 Å². The molecule has 0 aromatic heterocycles. The van der Waals surface area contributed by atoms with Gasteiger partial charge in [0.1, 0.15) is 0 Å². The normalized spacial score (nSPS) is 11.9. The number of rotatable bonds is 5. The highest BCUT2D eigenvalue weighted by Crippen LogP contribution is 2.39. The third-order valence-corrected chi connectivity index (χ3v) is 4.55. The zero-order valence-corrected chi connectivity index (χ0v) is 17.0. The Bertz CT molecular complexity index is 832. The minimum absolute atomic E-state index is 0.115. The molecule has 1 N–H and O–H groups in total. The third-order valence-electron chi connectivity index (χ3n) is 4.55. The number of carboxylic acid groups (broad SMARTS) is 1. The van der Waals surface area contributed by atoms with Gasteiger partial charge in [-0.3, -0.25) is 9.69 Å². The second-order valence-corrected chi connectivity index (χ2v) is 8.85. The Morgan fingerprint density at radius 3 is 2.04 bits per heavy atom. The van der Waals surface area contributed by atoms with Gasteiger partial charge in [0.2, 0.25) is 5.91 Å². The Morgan fingerprint density at radius 1 is 0.963 bits per heavy atom. The van der Waals surface area contributed by atoms with Gasteiger partial charge < -0.3 is 5.11 Å². The second kappa shape index (κ2) is 7.55. The summed E-state index contributed by atoms with van der Waals surface area (Å²) in [5.41, 5.74) is 2.14. The van der Waals surface area contributed by atoms with Crippen molar-refractivity contribution in [3.63, 3.8) is 0 Å². The summed E-state index contributed by atoms with van der Waals surface area (Å²) < 4.78 is 0. The minimum atomic E-state index is -1.05. The summed E-state index contributed by atoms with van der Waals surface area (Å²) in [7, 11) is 0. The first-order chi connectivity index (χ1) is 12.4. The Morgan fingerprint density at radius 2 is 1.56 bits per heavy atom. The second-order valence-electron chi connectivity index (χ2n) is 8.85. The van der Waals surface area contributed by atoms with Crippen LogP contribution in [0.5, 0.6) is 0 Å². The van der Waals surface area contributed by atoms with Crippen molar-refractivity contribution in [3.05, 3.63) is 59.7 Å². The lowest BCUT2D eigenvalue weighted by atomic mass is 9.72. The molecule has 0 aliphatic rings. The molecule has 4 nitrogen and oxygen atoms in total. The standard InChI is InChI=1S/C23H29NO3/c1-16(25)24(18-10-8-7-9-11-18)20-14-17(12-13-19(20)21(26)27)23(5,6)15-22(2,3)4/h7-14H,15H2,1-6H3,(H,26,27). The van der Waals surface area contributed by atoms with Crippen LogP contribution in [0.4, 0.5) is 11.4 Å². The van der Waals surface area contributed by atoms with Gasteiger partial charge in [-0.2, -0.15) is 0 Å². The van der Waals surface area contributed by atoms with E-state index in [1.165, 1.54) is 11.8 Å². The van der Waals surface area contributed by atoms with E-state index < -0.39 is 5.97 Å². The molecule has 144 valence electrons. The van der Waals surface area contributed by atoms with Crippen LogP contribution in [0.15, 0.2) is 48.5 Å². The molecule has 4 heteroatoms. The Labute approximate surface area is 161 Å². The van der Waals surface area contributed by atoms with Crippen LogP contribution >= 0.6 is 0 Å². The average molecular weight is 367 g/mol. The van der Waals surface area contributed by atoms with Gasteiger partial charge in [0.25, 0.3) is 0 Å². The zero-order valence-electron chi connectivity index (χ0n) is 17.0. The van der Waals surface area contributed by atoms with Crippen molar-refractivity contribution in [3.8, 4) is 0 Å². The Balaban J connectivity index is 2.65. The first-order valence-corrected chi connectivity index (χ1v) is 9.16. The Kier molecular flexibility index (Phi) is 5.79. The summed E-state index contributed by atoms with van der Waals surface area (Å²) in [5.74, 6) is -1.28. The van der Waals surface area contributed by atoms with Gasteiger partial charge in [-0.15, -0.1) is 0 Å². The van der Waals surface area contributed by atoms with E-state index >= 15 is 0 Å². The number of carbonyl (C=O) groups is 2. The maximum atomic E-state index is 12.4. The fourth-order valence-electron chi connectivity index (χ4n) is 3.81. The molecule has 27 heavy (non-hydrogen) atoms. The summed E-state index contributed by atoms with van der Waals surface area (Å²) >= 11 is 0. The van der Waals surface area contributed by atoms with Crippen molar-refractivity contribution in [2.45, 2.75) is 53.4 Å². The van der Waals surface area contributed by atoms with Crippen molar-refractivity contribution in [1.82, 2.24) is 0 Å². The maximum Gasteiger partial charge on any atom is 0.337 e. The summed E-state index contributed by atoms with van der Waals surface area (Å²) in [4.78, 5) is 25.7. The van der Waals surface area contributed by atoms with Crippen LogP contribution in [-0.2, 0) is 10.2 Å². The highest BCUT2D eigenvalue weighted by molar-refractivity contribution is 6.05. The predicted octanol–water partition coefficient (Wildman–Crippen LogP) is 5.78. The molecule has 0 saturated heterocycles. The molecule has 1 amide bonds. The van der Waals surface area contributed by atoms with E-state index in [1.54, 1.807) is 18.2 Å². The van der Waals surface area contributed by atoms with E-state index in [4.69, 9.17) is 0 Å². The number of hydrogen-bond acceptors (Lipinski definition) is 2. The molecule has 0 heterocycles. The average Bonchev–Trinajstić information content (AvgIpc) is 2.53. The van der Waals surface area contributed by atoms with E-state index in [0.717, 1.165) is 12.0 Å². The lowest BCUT2D eigenvalue weighted by Crippen LogP contribution is -2.28. The van der Waals surface area contributed by atoms with Crippen LogP contribution in [-0.4, -0.2) is 17.0 Å². The molecule has 0 radical (unpaired) electrons. The zero-order chi connectivity index (χ0) is 20.4. The highest BCUT2D eigenvalue weighted by Gasteiger charge is 2.30. The summed E-state index contributed by atoms with van der Waals surface area (Å²) in [5, 5.41) is 9.69. The summed E-state index contributed by atoms with van der Waals surface area (Å²) in [6.07, 6.45) is 0.928. The van der Waals surface area contributed by atoms with Crippen molar-refractivity contribution < 1.29 is 14.7 Å². The highest BCUT2D eigenvalue weighted by atomic mass is 16.4. The fourth-order valence-corrected chi connectivity index (χ4v) is 3.81. The number of benzene rings is 2. The SMILES string of the molecule is CC(=O)N(c1ccccc1)c1cc(C(C)(C)CC(C)(C)C)ccc1C(=O)O. The van der Waals surface area contributed by atoms with E-state index in [2.05, 4.69) is 34.6 Å². The lowest BCUT2D eigenvalue weighted by Gasteiger charge is -2.34. The predicted molar refractivity (Wildman–Crippen MR) is 110 cm³/mol. The molecule has 2 aromatic carbocycles. The van der Waals surface area contributed by atoms with Crippen LogP contribution in [0, 0.1) is 5.41 Å². The number of carboxylic acids is 1. The molecule has 0 spiro atoms. The molecule has 2 aromatic rings. The van der Waals surface area contributed by atoms with Crippen molar-refractivity contribution in [2.75, 3.05) is 4.90 Å². The molecule has 0 bridgehead atoms. The number of para-hydroxylation sites is 1. The Hall–Kier alpha value is -2.62. The number of aromatic carboxylic acids is 1. The van der Waals surface area contributed by atoms with Crippen LogP contribution in [0.25, 0.3) is 0 Å². The smallest absolute Gasteiger partial charge is 0.337 e. The van der Waals surface area contributed by atoms with Gasteiger partial charge in [-0.05, 0) is 47.1 Å². The van der Waals surface area contributed by atoms with E-state index in [0.29, 0.717) is 11.4 Å². The monoisotopic (exact) mass is 367 g/mol. The fraction of sp³-hybridized carbons (Fsp3) is 0.391. The van der Waals surface area contributed by atoms with Gasteiger partial charge in [0, 0.05) is 12.6 Å². The van der Waals surface area contributed by atoms with Gasteiger partial charge in [-0.25, -0.2) is 4.79 Å². The number of amides is 1. The van der Waals surface area contributed by atoms with E-state index in [-0.39, 0.29) is 22.3 Å². The number of nitrogens with zero attached hydrogens (tertiary/aromatic N) is 1. The maximum absolute atomic E-state index is 12.4. The molecule has 2 rings (SSSR count). The molecule has 0 saturated carbocycles. The van der Waals surface area contributed by atoms with Gasteiger partial charge >= 0.3 is 5.97 Å². The molecule has 0 fully saturated rings. The quantitative estimate of drug-likeness (QED) is 0.728. The number of carbonyl (C=O) groups excluding carboxylic acids is 1. The first-order valence-electron chi connectivity index (χ1n) is 9.16. The number of hydrogen-bond donors (Lipinski definition) is 1. The topological polar surface area (TPSA) is 57.6 Å². The van der Waals surface area contributed by atoms with Crippen LogP contribution in [0.1, 0.15) is 63.9 Å².